The normalized spacial score (nSPS) is 11.1. The first-order chi connectivity index (χ1) is 15.7. The average molecular weight is 425 g/mol. The van der Waals surface area contributed by atoms with Crippen LogP contribution in [0.5, 0.6) is 5.75 Å². The molecule has 7 heteroatoms. The van der Waals surface area contributed by atoms with Crippen LogP contribution in [0.15, 0.2) is 79.4 Å². The fourth-order valence-corrected chi connectivity index (χ4v) is 3.98. The lowest BCUT2D eigenvalue weighted by Crippen LogP contribution is -2.12. The van der Waals surface area contributed by atoms with Crippen molar-refractivity contribution in [3.63, 3.8) is 0 Å². The molecule has 0 saturated carbocycles. The Morgan fingerprint density at radius 3 is 2.66 bits per heavy atom. The van der Waals surface area contributed by atoms with Gasteiger partial charge in [-0.25, -0.2) is 14.6 Å². The minimum atomic E-state index is 0.747. The molecule has 0 aliphatic rings. The standard InChI is InChI=1S/C25H24N6O/c1-18-15-21-23(5-3-6-24(21)32-2)30(18)14-12-26-25-16-22(27-17-28-25)19-7-9-20(10-8-19)31-13-4-11-29-31/h3-11,13,15-17H,12,14H2,1-2H3,(H,26,27,28). The number of hydrogen-bond donors (Lipinski definition) is 1. The molecule has 3 aromatic heterocycles. The Kier molecular flexibility index (Phi) is 5.29. The summed E-state index contributed by atoms with van der Waals surface area (Å²) in [4.78, 5) is 8.83. The fraction of sp³-hybridized carbons (Fsp3) is 0.160. The number of nitrogens with one attached hydrogen (secondary N) is 1. The van der Waals surface area contributed by atoms with E-state index in [9.17, 15) is 0 Å². The first-order valence-corrected chi connectivity index (χ1v) is 10.5. The topological polar surface area (TPSA) is 69.8 Å². The predicted octanol–water partition coefficient (Wildman–Crippen LogP) is 4.71. The maximum absolute atomic E-state index is 5.50. The summed E-state index contributed by atoms with van der Waals surface area (Å²) in [5.74, 6) is 1.70. The van der Waals surface area contributed by atoms with Crippen molar-refractivity contribution in [3.8, 4) is 22.7 Å². The molecule has 5 aromatic rings. The van der Waals surface area contributed by atoms with Crippen LogP contribution in [-0.2, 0) is 6.54 Å². The second kappa shape index (κ2) is 8.55. The van der Waals surface area contributed by atoms with Gasteiger partial charge in [-0.3, -0.25) is 0 Å². The number of aryl methyl sites for hydroxylation is 1. The first kappa shape index (κ1) is 19.8. The lowest BCUT2D eigenvalue weighted by atomic mass is 10.1. The Bertz CT molecular complexity index is 1340. The summed E-state index contributed by atoms with van der Waals surface area (Å²) in [6, 6.07) is 20.4. The van der Waals surface area contributed by atoms with Crippen LogP contribution in [0.2, 0.25) is 0 Å². The van der Waals surface area contributed by atoms with E-state index in [0.717, 1.165) is 47.0 Å². The largest absolute Gasteiger partial charge is 0.496 e. The van der Waals surface area contributed by atoms with E-state index in [2.05, 4.69) is 44.0 Å². The second-order valence-corrected chi connectivity index (χ2v) is 7.54. The van der Waals surface area contributed by atoms with Gasteiger partial charge < -0.3 is 14.6 Å². The number of nitrogens with zero attached hydrogens (tertiary/aromatic N) is 5. The average Bonchev–Trinajstić information content (AvgIpc) is 3.48. The second-order valence-electron chi connectivity index (χ2n) is 7.54. The van der Waals surface area contributed by atoms with Crippen molar-refractivity contribution in [1.29, 1.82) is 0 Å². The van der Waals surface area contributed by atoms with Crippen LogP contribution in [0.3, 0.4) is 0 Å². The van der Waals surface area contributed by atoms with E-state index in [0.29, 0.717) is 0 Å². The quantitative estimate of drug-likeness (QED) is 0.410. The highest BCUT2D eigenvalue weighted by molar-refractivity contribution is 5.87. The summed E-state index contributed by atoms with van der Waals surface area (Å²) in [6.07, 6.45) is 5.29. The maximum atomic E-state index is 5.50. The third kappa shape index (κ3) is 3.80. The van der Waals surface area contributed by atoms with Crippen molar-refractivity contribution in [2.45, 2.75) is 13.5 Å². The van der Waals surface area contributed by atoms with Crippen LogP contribution in [0.25, 0.3) is 27.8 Å². The molecule has 0 radical (unpaired) electrons. The molecule has 0 aliphatic carbocycles. The van der Waals surface area contributed by atoms with E-state index in [1.54, 1.807) is 19.6 Å². The Balaban J connectivity index is 1.29. The molecule has 3 heterocycles. The van der Waals surface area contributed by atoms with Crippen LogP contribution < -0.4 is 10.1 Å². The summed E-state index contributed by atoms with van der Waals surface area (Å²) in [5, 5.41) is 8.83. The van der Waals surface area contributed by atoms with Crippen LogP contribution >= 0.6 is 0 Å². The van der Waals surface area contributed by atoms with Crippen molar-refractivity contribution >= 4 is 16.7 Å². The molecule has 1 N–H and O–H groups in total. The molecular formula is C25H24N6O. The predicted molar refractivity (Wildman–Crippen MR) is 126 cm³/mol. The van der Waals surface area contributed by atoms with Crippen molar-refractivity contribution < 1.29 is 4.74 Å². The van der Waals surface area contributed by atoms with Gasteiger partial charge in [0.05, 0.1) is 24.0 Å². The van der Waals surface area contributed by atoms with E-state index >= 15 is 0 Å². The van der Waals surface area contributed by atoms with E-state index in [4.69, 9.17) is 4.74 Å². The zero-order chi connectivity index (χ0) is 21.9. The van der Waals surface area contributed by atoms with Crippen molar-refractivity contribution in [3.05, 3.63) is 85.1 Å². The monoisotopic (exact) mass is 424 g/mol. The van der Waals surface area contributed by atoms with Gasteiger partial charge in [-0.1, -0.05) is 18.2 Å². The lowest BCUT2D eigenvalue weighted by Gasteiger charge is -2.11. The molecule has 0 fully saturated rings. The van der Waals surface area contributed by atoms with Gasteiger partial charge in [-0.05, 0) is 43.3 Å². The van der Waals surface area contributed by atoms with Gasteiger partial charge in [0.15, 0.2) is 0 Å². The van der Waals surface area contributed by atoms with Crippen molar-refractivity contribution in [1.82, 2.24) is 24.3 Å². The van der Waals surface area contributed by atoms with Crippen LogP contribution in [0.1, 0.15) is 5.69 Å². The number of ether oxygens (including phenoxy) is 1. The number of fused-ring (bicyclic) bond motifs is 1. The Morgan fingerprint density at radius 1 is 1.00 bits per heavy atom. The fourth-order valence-electron chi connectivity index (χ4n) is 3.98. The van der Waals surface area contributed by atoms with Crippen LogP contribution in [0.4, 0.5) is 5.82 Å². The Morgan fingerprint density at radius 2 is 1.88 bits per heavy atom. The van der Waals surface area contributed by atoms with Gasteiger partial charge in [0.25, 0.3) is 0 Å². The summed E-state index contributed by atoms with van der Waals surface area (Å²) in [5.41, 5.74) is 5.29. The summed E-state index contributed by atoms with van der Waals surface area (Å²) >= 11 is 0. The molecule has 160 valence electrons. The van der Waals surface area contributed by atoms with Crippen LogP contribution in [0, 0.1) is 6.92 Å². The molecule has 0 unspecified atom stereocenters. The van der Waals surface area contributed by atoms with Gasteiger partial charge in [0, 0.05) is 48.2 Å². The molecule has 0 aliphatic heterocycles. The van der Waals surface area contributed by atoms with Gasteiger partial charge in [0.1, 0.15) is 17.9 Å². The molecule has 0 spiro atoms. The SMILES string of the molecule is COc1cccc2c1cc(C)n2CCNc1cc(-c2ccc(-n3cccn3)cc2)ncn1. The first-order valence-electron chi connectivity index (χ1n) is 10.5. The summed E-state index contributed by atoms with van der Waals surface area (Å²) in [6.45, 7) is 3.69. The number of rotatable bonds is 7. The van der Waals surface area contributed by atoms with Gasteiger partial charge in [-0.2, -0.15) is 5.10 Å². The number of anilines is 1. The Labute approximate surface area is 186 Å². The van der Waals surface area contributed by atoms with E-state index in [-0.39, 0.29) is 0 Å². The van der Waals surface area contributed by atoms with Gasteiger partial charge in [0.2, 0.25) is 0 Å². The van der Waals surface area contributed by atoms with E-state index in [1.807, 2.05) is 59.4 Å². The number of hydrogen-bond acceptors (Lipinski definition) is 5. The zero-order valence-electron chi connectivity index (χ0n) is 18.1. The van der Waals surface area contributed by atoms with Gasteiger partial charge in [-0.15, -0.1) is 0 Å². The molecule has 0 saturated heterocycles. The number of methoxy groups -OCH3 is 1. The molecular weight excluding hydrogens is 400 g/mol. The van der Waals surface area contributed by atoms with E-state index < -0.39 is 0 Å². The third-order valence-corrected chi connectivity index (χ3v) is 5.57. The Hall–Kier alpha value is -4.13. The number of aromatic nitrogens is 5. The highest BCUT2D eigenvalue weighted by Crippen LogP contribution is 2.28. The van der Waals surface area contributed by atoms with E-state index in [1.165, 1.54) is 11.2 Å². The van der Waals surface area contributed by atoms with Crippen molar-refractivity contribution in [2.24, 2.45) is 0 Å². The highest BCUT2D eigenvalue weighted by atomic mass is 16.5. The molecule has 7 nitrogen and oxygen atoms in total. The molecule has 2 aromatic carbocycles. The highest BCUT2D eigenvalue weighted by Gasteiger charge is 2.09. The van der Waals surface area contributed by atoms with Gasteiger partial charge >= 0.3 is 0 Å². The minimum absolute atomic E-state index is 0.747. The summed E-state index contributed by atoms with van der Waals surface area (Å²) in [7, 11) is 1.71. The molecule has 0 amide bonds. The number of benzene rings is 2. The molecule has 32 heavy (non-hydrogen) atoms. The summed E-state index contributed by atoms with van der Waals surface area (Å²) < 4.78 is 9.63. The van der Waals surface area contributed by atoms with Crippen molar-refractivity contribution in [2.75, 3.05) is 19.0 Å². The minimum Gasteiger partial charge on any atom is -0.496 e. The molecule has 5 rings (SSSR count). The smallest absolute Gasteiger partial charge is 0.130 e. The maximum Gasteiger partial charge on any atom is 0.130 e. The third-order valence-electron chi connectivity index (χ3n) is 5.57. The van der Waals surface area contributed by atoms with Crippen LogP contribution in [-0.4, -0.2) is 38.0 Å². The zero-order valence-corrected chi connectivity index (χ0v) is 18.1. The molecule has 0 atom stereocenters. The lowest BCUT2D eigenvalue weighted by molar-refractivity contribution is 0.420. The molecule has 0 bridgehead atoms.